The smallest absolute Gasteiger partial charge is 0.259 e. The van der Waals surface area contributed by atoms with Gasteiger partial charge in [-0.1, -0.05) is 22.0 Å². The first-order chi connectivity index (χ1) is 10.4. The molecule has 0 heterocycles. The van der Waals surface area contributed by atoms with E-state index in [0.717, 1.165) is 20.2 Å². The van der Waals surface area contributed by atoms with Crippen molar-refractivity contribution in [3.05, 3.63) is 56.5 Å². The zero-order valence-electron chi connectivity index (χ0n) is 12.6. The molecule has 0 bridgehead atoms. The molecule has 0 radical (unpaired) electrons. The molecule has 2 aromatic rings. The van der Waals surface area contributed by atoms with Gasteiger partial charge in [0.25, 0.3) is 5.91 Å². The Morgan fingerprint density at radius 2 is 1.86 bits per heavy atom. The molecule has 2 rings (SSSR count). The van der Waals surface area contributed by atoms with E-state index in [-0.39, 0.29) is 12.0 Å². The van der Waals surface area contributed by atoms with Crippen molar-refractivity contribution >= 4 is 43.5 Å². The molecule has 5 heteroatoms. The van der Waals surface area contributed by atoms with Crippen LogP contribution in [-0.2, 0) is 0 Å². The molecule has 0 fully saturated rings. The Morgan fingerprint density at radius 3 is 2.50 bits per heavy atom. The van der Waals surface area contributed by atoms with Crippen LogP contribution in [0.4, 0.5) is 5.69 Å². The molecule has 0 aliphatic carbocycles. The highest BCUT2D eigenvalue weighted by atomic mass is 79.9. The third-order valence-corrected chi connectivity index (χ3v) is 4.07. The lowest BCUT2D eigenvalue weighted by molar-refractivity contribution is 0.102. The molecule has 0 aliphatic rings. The zero-order chi connectivity index (χ0) is 16.3. The van der Waals surface area contributed by atoms with Gasteiger partial charge in [0.15, 0.2) is 0 Å². The summed E-state index contributed by atoms with van der Waals surface area (Å²) in [6.07, 6.45) is -0.00108. The molecule has 1 N–H and O–H groups in total. The third-order valence-electron chi connectivity index (χ3n) is 2.92. The fourth-order valence-corrected chi connectivity index (χ4v) is 2.90. The highest BCUT2D eigenvalue weighted by Crippen LogP contribution is 2.28. The molecule has 116 valence electrons. The van der Waals surface area contributed by atoms with E-state index in [1.165, 1.54) is 0 Å². The topological polar surface area (TPSA) is 38.3 Å². The molecule has 0 atom stereocenters. The molecule has 0 saturated heterocycles. The van der Waals surface area contributed by atoms with Gasteiger partial charge < -0.3 is 10.1 Å². The van der Waals surface area contributed by atoms with Crippen LogP contribution < -0.4 is 10.1 Å². The number of carbonyl (C=O) groups is 1. The number of nitrogens with one attached hydrogen (secondary N) is 1. The number of amides is 1. The lowest BCUT2D eigenvalue weighted by atomic mass is 10.1. The predicted octanol–water partition coefficient (Wildman–Crippen LogP) is 5.56. The second-order valence-electron chi connectivity index (χ2n) is 5.24. The number of halogens is 2. The van der Waals surface area contributed by atoms with Gasteiger partial charge in [0, 0.05) is 8.95 Å². The molecular formula is C17H17Br2NO2. The number of carbonyl (C=O) groups excluding carboxylic acids is 1. The van der Waals surface area contributed by atoms with Gasteiger partial charge in [-0.3, -0.25) is 4.79 Å². The summed E-state index contributed by atoms with van der Waals surface area (Å²) in [5.74, 6) is 0.362. The standard InChI is InChI=1S/C17H17Br2NO2/c1-10(2)22-16-7-5-12(18)9-13(16)17(21)20-15-6-4-11(3)8-14(15)19/h4-10H,1-3H3,(H,20,21). The van der Waals surface area contributed by atoms with E-state index in [4.69, 9.17) is 4.74 Å². The largest absolute Gasteiger partial charge is 0.490 e. The van der Waals surface area contributed by atoms with Crippen molar-refractivity contribution in [1.29, 1.82) is 0 Å². The molecule has 1 amide bonds. The van der Waals surface area contributed by atoms with Gasteiger partial charge in [-0.15, -0.1) is 0 Å². The normalized spacial score (nSPS) is 10.6. The van der Waals surface area contributed by atoms with Gasteiger partial charge in [-0.2, -0.15) is 0 Å². The number of hydrogen-bond acceptors (Lipinski definition) is 2. The molecule has 22 heavy (non-hydrogen) atoms. The lowest BCUT2D eigenvalue weighted by Crippen LogP contribution is -2.16. The van der Waals surface area contributed by atoms with E-state index >= 15 is 0 Å². The summed E-state index contributed by atoms with van der Waals surface area (Å²) in [6, 6.07) is 11.2. The first kappa shape index (κ1) is 17.0. The highest BCUT2D eigenvalue weighted by Gasteiger charge is 2.15. The van der Waals surface area contributed by atoms with E-state index in [9.17, 15) is 4.79 Å². The number of benzene rings is 2. The van der Waals surface area contributed by atoms with Crippen LogP contribution in [0.15, 0.2) is 45.3 Å². The van der Waals surface area contributed by atoms with E-state index in [1.807, 2.05) is 45.0 Å². The monoisotopic (exact) mass is 425 g/mol. The number of aryl methyl sites for hydroxylation is 1. The van der Waals surface area contributed by atoms with Crippen LogP contribution in [0.5, 0.6) is 5.75 Å². The Balaban J connectivity index is 2.30. The minimum atomic E-state index is -0.207. The summed E-state index contributed by atoms with van der Waals surface area (Å²) in [7, 11) is 0. The van der Waals surface area contributed by atoms with Crippen LogP contribution in [0.3, 0.4) is 0 Å². The number of ether oxygens (including phenoxy) is 1. The Bertz CT molecular complexity index is 699. The maximum absolute atomic E-state index is 12.6. The molecular weight excluding hydrogens is 410 g/mol. The summed E-state index contributed by atoms with van der Waals surface area (Å²) in [5.41, 5.74) is 2.35. The van der Waals surface area contributed by atoms with Crippen molar-refractivity contribution in [2.75, 3.05) is 5.32 Å². The number of rotatable bonds is 4. The number of anilines is 1. The van der Waals surface area contributed by atoms with E-state index < -0.39 is 0 Å². The summed E-state index contributed by atoms with van der Waals surface area (Å²) in [5, 5.41) is 2.91. The van der Waals surface area contributed by atoms with Gasteiger partial charge in [-0.25, -0.2) is 0 Å². The fraction of sp³-hybridized carbons (Fsp3) is 0.235. The molecule has 2 aromatic carbocycles. The minimum absolute atomic E-state index is 0.00108. The van der Waals surface area contributed by atoms with Gasteiger partial charge >= 0.3 is 0 Å². The van der Waals surface area contributed by atoms with E-state index in [1.54, 1.807) is 12.1 Å². The molecule has 3 nitrogen and oxygen atoms in total. The van der Waals surface area contributed by atoms with Gasteiger partial charge in [0.2, 0.25) is 0 Å². The van der Waals surface area contributed by atoms with E-state index in [2.05, 4.69) is 37.2 Å². The lowest BCUT2D eigenvalue weighted by Gasteiger charge is -2.15. The average molecular weight is 427 g/mol. The highest BCUT2D eigenvalue weighted by molar-refractivity contribution is 9.10. The summed E-state index contributed by atoms with van der Waals surface area (Å²) >= 11 is 6.86. The SMILES string of the molecule is Cc1ccc(NC(=O)c2cc(Br)ccc2OC(C)C)c(Br)c1. The van der Waals surface area contributed by atoms with Crippen molar-refractivity contribution in [2.45, 2.75) is 26.9 Å². The third kappa shape index (κ3) is 4.34. The van der Waals surface area contributed by atoms with Gasteiger partial charge in [-0.05, 0) is 72.6 Å². The predicted molar refractivity (Wildman–Crippen MR) is 96.7 cm³/mol. The van der Waals surface area contributed by atoms with Crippen LogP contribution >= 0.6 is 31.9 Å². The Kier molecular flexibility index (Phi) is 5.64. The minimum Gasteiger partial charge on any atom is -0.490 e. The second kappa shape index (κ2) is 7.29. The maximum atomic E-state index is 12.6. The molecule has 0 saturated carbocycles. The van der Waals surface area contributed by atoms with Gasteiger partial charge in [0.1, 0.15) is 5.75 Å². The van der Waals surface area contributed by atoms with Crippen molar-refractivity contribution in [3.8, 4) is 5.75 Å². The molecule has 0 aliphatic heterocycles. The summed E-state index contributed by atoms with van der Waals surface area (Å²) in [6.45, 7) is 5.86. The van der Waals surface area contributed by atoms with Crippen LogP contribution in [-0.4, -0.2) is 12.0 Å². The van der Waals surface area contributed by atoms with Crippen molar-refractivity contribution in [2.24, 2.45) is 0 Å². The van der Waals surface area contributed by atoms with E-state index in [0.29, 0.717) is 11.3 Å². The Labute approximate surface area is 147 Å². The van der Waals surface area contributed by atoms with Crippen molar-refractivity contribution in [3.63, 3.8) is 0 Å². The Morgan fingerprint density at radius 1 is 1.14 bits per heavy atom. The van der Waals surface area contributed by atoms with Crippen LogP contribution in [0.2, 0.25) is 0 Å². The van der Waals surface area contributed by atoms with Crippen LogP contribution in [0.1, 0.15) is 29.8 Å². The molecule has 0 aromatic heterocycles. The first-order valence-corrected chi connectivity index (χ1v) is 8.49. The second-order valence-corrected chi connectivity index (χ2v) is 7.01. The summed E-state index contributed by atoms with van der Waals surface area (Å²) in [4.78, 5) is 12.6. The fourth-order valence-electron chi connectivity index (χ4n) is 1.95. The zero-order valence-corrected chi connectivity index (χ0v) is 15.8. The van der Waals surface area contributed by atoms with Crippen LogP contribution in [0.25, 0.3) is 0 Å². The van der Waals surface area contributed by atoms with Crippen LogP contribution in [0, 0.1) is 6.92 Å². The number of hydrogen-bond donors (Lipinski definition) is 1. The van der Waals surface area contributed by atoms with Gasteiger partial charge in [0.05, 0.1) is 17.4 Å². The quantitative estimate of drug-likeness (QED) is 0.694. The molecule has 0 unspecified atom stereocenters. The maximum Gasteiger partial charge on any atom is 0.259 e. The Hall–Kier alpha value is -1.33. The summed E-state index contributed by atoms with van der Waals surface area (Å²) < 4.78 is 7.39. The molecule has 0 spiro atoms. The first-order valence-electron chi connectivity index (χ1n) is 6.90. The average Bonchev–Trinajstić information content (AvgIpc) is 2.43. The van der Waals surface area contributed by atoms with Crippen molar-refractivity contribution in [1.82, 2.24) is 0 Å². The van der Waals surface area contributed by atoms with Crippen molar-refractivity contribution < 1.29 is 9.53 Å².